The summed E-state index contributed by atoms with van der Waals surface area (Å²) < 4.78 is 1.96. The van der Waals surface area contributed by atoms with Crippen molar-refractivity contribution in [2.75, 3.05) is 6.54 Å². The Morgan fingerprint density at radius 1 is 1.30 bits per heavy atom. The molecule has 1 N–H and O–H groups in total. The van der Waals surface area contributed by atoms with Gasteiger partial charge in [-0.1, -0.05) is 49.2 Å². The summed E-state index contributed by atoms with van der Waals surface area (Å²) in [5.41, 5.74) is 2.08. The van der Waals surface area contributed by atoms with Gasteiger partial charge >= 0.3 is 0 Å². The van der Waals surface area contributed by atoms with E-state index in [1.807, 2.05) is 23.0 Å². The van der Waals surface area contributed by atoms with Crippen LogP contribution in [0, 0.1) is 0 Å². The molecule has 1 aromatic carbocycles. The molecule has 0 spiro atoms. The predicted molar refractivity (Wildman–Crippen MR) is 84.5 cm³/mol. The van der Waals surface area contributed by atoms with Crippen LogP contribution in [0.5, 0.6) is 0 Å². The Morgan fingerprint density at radius 2 is 2.10 bits per heavy atom. The molecule has 0 aliphatic carbocycles. The minimum atomic E-state index is 0.0109. The SMILES string of the molecule is CCCn1cc(C(NCC)c2cccc(Cl)c2Cl)cn1. The lowest BCUT2D eigenvalue weighted by atomic mass is 10.0. The van der Waals surface area contributed by atoms with E-state index >= 15 is 0 Å². The van der Waals surface area contributed by atoms with Crippen molar-refractivity contribution in [3.8, 4) is 0 Å². The number of rotatable bonds is 6. The van der Waals surface area contributed by atoms with Gasteiger partial charge in [-0.25, -0.2) is 0 Å². The van der Waals surface area contributed by atoms with Gasteiger partial charge in [-0.15, -0.1) is 0 Å². The van der Waals surface area contributed by atoms with Crippen LogP contribution in [0.4, 0.5) is 0 Å². The lowest BCUT2D eigenvalue weighted by molar-refractivity contribution is 0.597. The standard InChI is InChI=1S/C15H19Cl2N3/c1-3-8-20-10-11(9-19-20)15(18-4-2)12-6-5-7-13(16)14(12)17/h5-7,9-10,15,18H,3-4,8H2,1-2H3. The summed E-state index contributed by atoms with van der Waals surface area (Å²) in [5, 5.41) is 9.01. The third kappa shape index (κ3) is 3.35. The molecule has 2 rings (SSSR count). The maximum atomic E-state index is 6.34. The van der Waals surface area contributed by atoms with Gasteiger partial charge in [0, 0.05) is 18.3 Å². The smallest absolute Gasteiger partial charge is 0.0643 e. The van der Waals surface area contributed by atoms with E-state index in [2.05, 4.69) is 30.5 Å². The molecule has 20 heavy (non-hydrogen) atoms. The third-order valence-electron chi connectivity index (χ3n) is 3.14. The molecule has 1 unspecified atom stereocenters. The van der Waals surface area contributed by atoms with E-state index in [4.69, 9.17) is 23.2 Å². The van der Waals surface area contributed by atoms with Crippen molar-refractivity contribution in [2.45, 2.75) is 32.9 Å². The minimum Gasteiger partial charge on any atom is -0.306 e. The van der Waals surface area contributed by atoms with Crippen molar-refractivity contribution in [3.63, 3.8) is 0 Å². The molecule has 0 amide bonds. The Morgan fingerprint density at radius 3 is 2.80 bits per heavy atom. The highest BCUT2D eigenvalue weighted by molar-refractivity contribution is 6.42. The summed E-state index contributed by atoms with van der Waals surface area (Å²) >= 11 is 12.5. The van der Waals surface area contributed by atoms with Crippen molar-refractivity contribution in [3.05, 3.63) is 51.8 Å². The summed E-state index contributed by atoms with van der Waals surface area (Å²) in [4.78, 5) is 0. The average molecular weight is 312 g/mol. The summed E-state index contributed by atoms with van der Waals surface area (Å²) in [5.74, 6) is 0. The van der Waals surface area contributed by atoms with Crippen LogP contribution < -0.4 is 5.32 Å². The van der Waals surface area contributed by atoms with E-state index in [1.165, 1.54) is 0 Å². The first-order valence-corrected chi connectivity index (χ1v) is 7.62. The molecule has 0 aliphatic heterocycles. The second-order valence-corrected chi connectivity index (χ2v) is 5.46. The number of benzene rings is 1. The van der Waals surface area contributed by atoms with Crippen LogP contribution in [-0.2, 0) is 6.54 Å². The van der Waals surface area contributed by atoms with Crippen molar-refractivity contribution >= 4 is 23.2 Å². The Hall–Kier alpha value is -1.03. The molecular weight excluding hydrogens is 293 g/mol. The Labute approximate surface area is 129 Å². The molecule has 0 bridgehead atoms. The number of hydrogen-bond donors (Lipinski definition) is 1. The zero-order valence-corrected chi connectivity index (χ0v) is 13.2. The topological polar surface area (TPSA) is 29.9 Å². The monoisotopic (exact) mass is 311 g/mol. The van der Waals surface area contributed by atoms with Gasteiger partial charge in [0.2, 0.25) is 0 Å². The molecule has 0 aliphatic rings. The fourth-order valence-corrected chi connectivity index (χ4v) is 2.65. The van der Waals surface area contributed by atoms with Gasteiger partial charge in [0.1, 0.15) is 0 Å². The van der Waals surface area contributed by atoms with Crippen LogP contribution in [-0.4, -0.2) is 16.3 Å². The van der Waals surface area contributed by atoms with E-state index in [0.717, 1.165) is 30.6 Å². The van der Waals surface area contributed by atoms with Crippen LogP contribution in [0.25, 0.3) is 0 Å². The number of aromatic nitrogens is 2. The lowest BCUT2D eigenvalue weighted by Gasteiger charge is -2.18. The quantitative estimate of drug-likeness (QED) is 0.862. The number of halogens is 2. The fourth-order valence-electron chi connectivity index (χ4n) is 2.23. The zero-order valence-electron chi connectivity index (χ0n) is 11.7. The molecule has 0 saturated carbocycles. The van der Waals surface area contributed by atoms with E-state index in [0.29, 0.717) is 10.0 Å². The maximum absolute atomic E-state index is 6.34. The highest BCUT2D eigenvalue weighted by Crippen LogP contribution is 2.33. The second kappa shape index (κ2) is 7.11. The van der Waals surface area contributed by atoms with Crippen molar-refractivity contribution in [1.29, 1.82) is 0 Å². The molecule has 1 atom stereocenters. The maximum Gasteiger partial charge on any atom is 0.0643 e. The molecule has 0 fully saturated rings. The van der Waals surface area contributed by atoms with Gasteiger partial charge in [0.05, 0.1) is 22.3 Å². The summed E-state index contributed by atoms with van der Waals surface area (Å²) in [7, 11) is 0. The third-order valence-corrected chi connectivity index (χ3v) is 3.97. The largest absolute Gasteiger partial charge is 0.306 e. The zero-order chi connectivity index (χ0) is 14.5. The van der Waals surface area contributed by atoms with Crippen molar-refractivity contribution in [2.24, 2.45) is 0 Å². The van der Waals surface area contributed by atoms with Gasteiger partial charge < -0.3 is 5.32 Å². The van der Waals surface area contributed by atoms with Gasteiger partial charge in [-0.2, -0.15) is 5.10 Å². The molecule has 2 aromatic rings. The van der Waals surface area contributed by atoms with Crippen LogP contribution in [0.3, 0.4) is 0 Å². The molecule has 0 radical (unpaired) electrons. The average Bonchev–Trinajstić information content (AvgIpc) is 2.88. The van der Waals surface area contributed by atoms with Gasteiger partial charge in [0.25, 0.3) is 0 Å². The molecule has 3 nitrogen and oxygen atoms in total. The number of nitrogens with zero attached hydrogens (tertiary/aromatic N) is 2. The summed E-state index contributed by atoms with van der Waals surface area (Å²) in [6, 6.07) is 5.73. The van der Waals surface area contributed by atoms with E-state index in [9.17, 15) is 0 Å². The predicted octanol–water partition coefficient (Wildman–Crippen LogP) is 4.30. The van der Waals surface area contributed by atoms with E-state index < -0.39 is 0 Å². The van der Waals surface area contributed by atoms with E-state index in [1.54, 1.807) is 6.07 Å². The minimum absolute atomic E-state index is 0.0109. The normalized spacial score (nSPS) is 12.6. The lowest BCUT2D eigenvalue weighted by Crippen LogP contribution is -2.22. The molecule has 5 heteroatoms. The van der Waals surface area contributed by atoms with Crippen molar-refractivity contribution in [1.82, 2.24) is 15.1 Å². The second-order valence-electron chi connectivity index (χ2n) is 4.67. The molecule has 1 aromatic heterocycles. The molecule has 0 saturated heterocycles. The highest BCUT2D eigenvalue weighted by atomic mass is 35.5. The van der Waals surface area contributed by atoms with Crippen LogP contribution >= 0.6 is 23.2 Å². The first-order chi connectivity index (χ1) is 9.67. The first-order valence-electron chi connectivity index (χ1n) is 6.87. The molecule has 108 valence electrons. The molecular formula is C15H19Cl2N3. The summed E-state index contributed by atoms with van der Waals surface area (Å²) in [6.07, 6.45) is 5.01. The van der Waals surface area contributed by atoms with Crippen molar-refractivity contribution < 1.29 is 0 Å². The molecule has 1 heterocycles. The van der Waals surface area contributed by atoms with Crippen LogP contribution in [0.2, 0.25) is 10.0 Å². The fraction of sp³-hybridized carbons (Fsp3) is 0.400. The Kier molecular flexibility index (Phi) is 5.46. The van der Waals surface area contributed by atoms with Gasteiger partial charge in [0.15, 0.2) is 0 Å². The van der Waals surface area contributed by atoms with Crippen LogP contribution in [0.1, 0.15) is 37.4 Å². The highest BCUT2D eigenvalue weighted by Gasteiger charge is 2.18. The number of nitrogens with one attached hydrogen (secondary N) is 1. The Bertz CT molecular complexity index is 566. The van der Waals surface area contributed by atoms with Crippen LogP contribution in [0.15, 0.2) is 30.6 Å². The Balaban J connectivity index is 2.36. The number of aryl methyl sites for hydroxylation is 1. The summed E-state index contributed by atoms with van der Waals surface area (Å²) in [6.45, 7) is 5.97. The van der Waals surface area contributed by atoms with E-state index in [-0.39, 0.29) is 6.04 Å². The number of hydrogen-bond acceptors (Lipinski definition) is 2. The first kappa shape index (κ1) is 15.4. The van der Waals surface area contributed by atoms with Gasteiger partial charge in [-0.3, -0.25) is 4.68 Å². The van der Waals surface area contributed by atoms with Gasteiger partial charge in [-0.05, 0) is 24.6 Å².